The third-order valence-electron chi connectivity index (χ3n) is 2.56. The predicted octanol–water partition coefficient (Wildman–Crippen LogP) is 0.834. The molecule has 0 aliphatic carbocycles. The molecular formula is C11H13FN2O3. The molecule has 1 aromatic carbocycles. The molecule has 0 saturated carbocycles. The van der Waals surface area contributed by atoms with Crippen LogP contribution in [0, 0.1) is 5.82 Å². The lowest BCUT2D eigenvalue weighted by Crippen LogP contribution is -2.37. The van der Waals surface area contributed by atoms with Crippen molar-refractivity contribution in [3.05, 3.63) is 29.6 Å². The zero-order chi connectivity index (χ0) is 13.2. The van der Waals surface area contributed by atoms with E-state index in [9.17, 15) is 14.0 Å². The van der Waals surface area contributed by atoms with Crippen LogP contribution in [0.15, 0.2) is 18.2 Å². The Morgan fingerprint density at radius 1 is 1.47 bits per heavy atom. The van der Waals surface area contributed by atoms with Crippen molar-refractivity contribution in [2.24, 2.45) is 5.73 Å². The van der Waals surface area contributed by atoms with Crippen molar-refractivity contribution in [3.8, 4) is 0 Å². The minimum Gasteiger partial charge on any atom is -0.480 e. The minimum atomic E-state index is -1.08. The van der Waals surface area contributed by atoms with Gasteiger partial charge in [-0.15, -0.1) is 0 Å². The molecule has 17 heavy (non-hydrogen) atoms. The summed E-state index contributed by atoms with van der Waals surface area (Å²) >= 11 is 0. The molecule has 0 saturated heterocycles. The first-order valence-corrected chi connectivity index (χ1v) is 4.90. The standard InChI is InChI=1S/C11H13FN2O3/c1-6(11(16)17)14(2)8-5-3-4-7(12)9(8)10(13)15/h3-6H,1-2H3,(H2,13,15)(H,16,17). The number of rotatable bonds is 4. The average molecular weight is 240 g/mol. The normalized spacial score (nSPS) is 11.9. The molecular weight excluding hydrogens is 227 g/mol. The van der Waals surface area contributed by atoms with Crippen molar-refractivity contribution in [2.45, 2.75) is 13.0 Å². The second-order valence-electron chi connectivity index (χ2n) is 3.62. The van der Waals surface area contributed by atoms with Crippen molar-refractivity contribution in [1.29, 1.82) is 0 Å². The van der Waals surface area contributed by atoms with Gasteiger partial charge in [0.1, 0.15) is 11.9 Å². The number of hydrogen-bond donors (Lipinski definition) is 2. The fraction of sp³-hybridized carbons (Fsp3) is 0.273. The van der Waals surface area contributed by atoms with E-state index >= 15 is 0 Å². The number of carbonyl (C=O) groups excluding carboxylic acids is 1. The molecule has 0 radical (unpaired) electrons. The first-order valence-electron chi connectivity index (χ1n) is 4.90. The molecule has 3 N–H and O–H groups in total. The fourth-order valence-electron chi connectivity index (χ4n) is 1.42. The van der Waals surface area contributed by atoms with E-state index in [1.54, 1.807) is 0 Å². The summed E-state index contributed by atoms with van der Waals surface area (Å²) < 4.78 is 13.5. The second-order valence-corrected chi connectivity index (χ2v) is 3.62. The molecule has 6 heteroatoms. The van der Waals surface area contributed by atoms with Crippen molar-refractivity contribution < 1.29 is 19.1 Å². The fourth-order valence-corrected chi connectivity index (χ4v) is 1.42. The number of anilines is 1. The summed E-state index contributed by atoms with van der Waals surface area (Å²) in [6.07, 6.45) is 0. The molecule has 1 atom stereocenters. The summed E-state index contributed by atoms with van der Waals surface area (Å²) in [6.45, 7) is 1.43. The maximum Gasteiger partial charge on any atom is 0.326 e. The number of hydrogen-bond acceptors (Lipinski definition) is 3. The molecule has 0 aliphatic rings. The van der Waals surface area contributed by atoms with Crippen LogP contribution in [0.25, 0.3) is 0 Å². The van der Waals surface area contributed by atoms with Gasteiger partial charge in [0.2, 0.25) is 0 Å². The summed E-state index contributed by atoms with van der Waals surface area (Å²) in [6, 6.07) is 3.04. The first-order chi connectivity index (χ1) is 7.86. The Morgan fingerprint density at radius 2 is 2.06 bits per heavy atom. The van der Waals surface area contributed by atoms with E-state index in [0.717, 1.165) is 6.07 Å². The number of halogens is 1. The number of likely N-dealkylation sites (N-methyl/N-ethyl adjacent to an activating group) is 1. The molecule has 0 bridgehead atoms. The van der Waals surface area contributed by atoms with Crippen LogP contribution in [0.2, 0.25) is 0 Å². The molecule has 1 unspecified atom stereocenters. The van der Waals surface area contributed by atoms with Crippen molar-refractivity contribution in [1.82, 2.24) is 0 Å². The molecule has 0 aliphatic heterocycles. The van der Waals surface area contributed by atoms with Gasteiger partial charge in [-0.3, -0.25) is 4.79 Å². The quantitative estimate of drug-likeness (QED) is 0.816. The van der Waals surface area contributed by atoms with Gasteiger partial charge in [0.05, 0.1) is 11.3 Å². The van der Waals surface area contributed by atoms with Gasteiger partial charge >= 0.3 is 5.97 Å². The van der Waals surface area contributed by atoms with Crippen LogP contribution in [0.3, 0.4) is 0 Å². The Hall–Kier alpha value is -2.11. The number of carboxylic acids is 1. The Morgan fingerprint density at radius 3 is 2.53 bits per heavy atom. The topological polar surface area (TPSA) is 83.6 Å². The Bertz CT molecular complexity index is 462. The Labute approximate surface area is 97.6 Å². The lowest BCUT2D eigenvalue weighted by atomic mass is 10.1. The average Bonchev–Trinajstić information content (AvgIpc) is 2.25. The second kappa shape index (κ2) is 4.82. The molecule has 0 aromatic heterocycles. The van der Waals surface area contributed by atoms with Crippen LogP contribution in [-0.2, 0) is 4.79 Å². The molecule has 1 rings (SSSR count). The van der Waals surface area contributed by atoms with E-state index in [0.29, 0.717) is 0 Å². The van der Waals surface area contributed by atoms with Gasteiger partial charge in [-0.1, -0.05) is 6.07 Å². The summed E-state index contributed by atoms with van der Waals surface area (Å²) in [5, 5.41) is 8.86. The van der Waals surface area contributed by atoms with Gasteiger partial charge in [-0.05, 0) is 19.1 Å². The van der Waals surface area contributed by atoms with Crippen LogP contribution >= 0.6 is 0 Å². The zero-order valence-electron chi connectivity index (χ0n) is 9.48. The monoisotopic (exact) mass is 240 g/mol. The van der Waals surface area contributed by atoms with Crippen LogP contribution in [0.4, 0.5) is 10.1 Å². The van der Waals surface area contributed by atoms with Crippen LogP contribution in [0.5, 0.6) is 0 Å². The number of primary amides is 1. The zero-order valence-corrected chi connectivity index (χ0v) is 9.48. The number of nitrogens with zero attached hydrogens (tertiary/aromatic N) is 1. The van der Waals surface area contributed by atoms with Crippen molar-refractivity contribution >= 4 is 17.6 Å². The molecule has 1 amide bonds. The molecule has 0 spiro atoms. The lowest BCUT2D eigenvalue weighted by Gasteiger charge is -2.25. The van der Waals surface area contributed by atoms with E-state index < -0.39 is 23.7 Å². The van der Waals surface area contributed by atoms with Gasteiger partial charge in [0, 0.05) is 7.05 Å². The van der Waals surface area contributed by atoms with Gasteiger partial charge in [-0.25, -0.2) is 9.18 Å². The molecule has 0 fully saturated rings. The highest BCUT2D eigenvalue weighted by molar-refractivity contribution is 5.99. The van der Waals surface area contributed by atoms with E-state index in [1.165, 1.54) is 31.0 Å². The number of benzene rings is 1. The maximum absolute atomic E-state index is 13.5. The van der Waals surface area contributed by atoms with E-state index in [4.69, 9.17) is 10.8 Å². The van der Waals surface area contributed by atoms with E-state index in [1.807, 2.05) is 0 Å². The SMILES string of the molecule is CC(C(=O)O)N(C)c1cccc(F)c1C(N)=O. The summed E-state index contributed by atoms with van der Waals surface area (Å²) in [5.74, 6) is -2.77. The van der Waals surface area contributed by atoms with E-state index in [-0.39, 0.29) is 11.3 Å². The van der Waals surface area contributed by atoms with Crippen LogP contribution in [0.1, 0.15) is 17.3 Å². The number of aliphatic carboxylic acids is 1. The summed E-state index contributed by atoms with van der Waals surface area (Å²) in [5.41, 5.74) is 4.93. The number of carboxylic acid groups (broad SMARTS) is 1. The minimum absolute atomic E-state index is 0.160. The smallest absolute Gasteiger partial charge is 0.326 e. The highest BCUT2D eigenvalue weighted by Gasteiger charge is 2.23. The largest absolute Gasteiger partial charge is 0.480 e. The summed E-state index contributed by atoms with van der Waals surface area (Å²) in [4.78, 5) is 23.3. The first kappa shape index (κ1) is 13.0. The third kappa shape index (κ3) is 2.52. The van der Waals surface area contributed by atoms with Gasteiger partial charge in [0.15, 0.2) is 0 Å². The van der Waals surface area contributed by atoms with Crippen LogP contribution < -0.4 is 10.6 Å². The predicted molar refractivity (Wildman–Crippen MR) is 60.4 cm³/mol. The third-order valence-corrected chi connectivity index (χ3v) is 2.56. The van der Waals surface area contributed by atoms with Crippen LogP contribution in [-0.4, -0.2) is 30.1 Å². The Balaban J connectivity index is 3.26. The maximum atomic E-state index is 13.5. The Kier molecular flexibility index (Phi) is 3.67. The molecule has 0 heterocycles. The number of nitrogens with two attached hydrogens (primary N) is 1. The summed E-state index contributed by atoms with van der Waals surface area (Å²) in [7, 11) is 1.46. The highest BCUT2D eigenvalue weighted by atomic mass is 19.1. The van der Waals surface area contributed by atoms with Gasteiger partial charge in [0.25, 0.3) is 5.91 Å². The number of carbonyl (C=O) groups is 2. The lowest BCUT2D eigenvalue weighted by molar-refractivity contribution is -0.138. The van der Waals surface area contributed by atoms with E-state index in [2.05, 4.69) is 0 Å². The van der Waals surface area contributed by atoms with Crippen molar-refractivity contribution in [2.75, 3.05) is 11.9 Å². The number of amides is 1. The van der Waals surface area contributed by atoms with Gasteiger partial charge < -0.3 is 15.7 Å². The van der Waals surface area contributed by atoms with Gasteiger partial charge in [-0.2, -0.15) is 0 Å². The molecule has 92 valence electrons. The highest BCUT2D eigenvalue weighted by Crippen LogP contribution is 2.23. The van der Waals surface area contributed by atoms with Crippen molar-refractivity contribution in [3.63, 3.8) is 0 Å². The molecule has 1 aromatic rings. The molecule has 5 nitrogen and oxygen atoms in total.